The molecule has 0 radical (unpaired) electrons. The largest absolute Gasteiger partial charge is 0.497 e. The highest BCUT2D eigenvalue weighted by Gasteiger charge is 2.25. The Morgan fingerprint density at radius 3 is 2.45 bits per heavy atom. The minimum absolute atomic E-state index is 0.108. The minimum Gasteiger partial charge on any atom is -0.497 e. The van der Waals surface area contributed by atoms with E-state index in [0.29, 0.717) is 29.2 Å². The number of amides is 1. The second kappa shape index (κ2) is 10.3. The van der Waals surface area contributed by atoms with Gasteiger partial charge in [0.15, 0.2) is 0 Å². The molecule has 0 bridgehead atoms. The van der Waals surface area contributed by atoms with Crippen LogP contribution in [0.5, 0.6) is 5.75 Å². The van der Waals surface area contributed by atoms with E-state index in [1.807, 2.05) is 0 Å². The van der Waals surface area contributed by atoms with Gasteiger partial charge in [-0.1, -0.05) is 12.2 Å². The zero-order chi connectivity index (χ0) is 23.3. The molecule has 1 atom stereocenters. The summed E-state index contributed by atoms with van der Waals surface area (Å²) >= 11 is 0. The van der Waals surface area contributed by atoms with Gasteiger partial charge in [0.1, 0.15) is 10.6 Å². The van der Waals surface area contributed by atoms with E-state index in [1.165, 1.54) is 0 Å². The molecule has 7 nitrogen and oxygen atoms in total. The highest BCUT2D eigenvalue weighted by molar-refractivity contribution is 7.92. The van der Waals surface area contributed by atoms with Crippen LogP contribution >= 0.6 is 0 Å². The van der Waals surface area contributed by atoms with Crippen LogP contribution in [0.3, 0.4) is 0 Å². The number of ether oxygens (including phenoxy) is 1. The smallest absolute Gasteiger partial charge is 0.264 e. The van der Waals surface area contributed by atoms with E-state index in [9.17, 15) is 13.2 Å². The number of benzene rings is 2. The van der Waals surface area contributed by atoms with Gasteiger partial charge in [-0.3, -0.25) is 9.52 Å². The lowest BCUT2D eigenvalue weighted by molar-refractivity contribution is -0.116. The van der Waals surface area contributed by atoms with E-state index in [0.717, 1.165) is 45.2 Å². The lowest BCUT2D eigenvalue weighted by Crippen LogP contribution is -2.31. The molecule has 1 aliphatic carbocycles. The van der Waals surface area contributed by atoms with E-state index in [4.69, 9.17) is 4.74 Å². The summed E-state index contributed by atoms with van der Waals surface area (Å²) in [5.74, 6) is 0.787. The highest BCUT2D eigenvalue weighted by Crippen LogP contribution is 2.32. The van der Waals surface area contributed by atoms with Crippen LogP contribution in [0, 0.1) is 5.92 Å². The number of nitrogens with one attached hydrogen (secondary N) is 2. The maximum atomic E-state index is 13.4. The van der Waals surface area contributed by atoms with Gasteiger partial charge in [-0.05, 0) is 80.5 Å². The molecule has 1 aliphatic heterocycles. The molecule has 2 aliphatic rings. The Bertz CT molecular complexity index is 1110. The van der Waals surface area contributed by atoms with Crippen molar-refractivity contribution in [2.75, 3.05) is 35.1 Å². The second-order valence-electron chi connectivity index (χ2n) is 8.58. The van der Waals surface area contributed by atoms with Crippen molar-refractivity contribution in [1.29, 1.82) is 0 Å². The molecule has 2 aromatic carbocycles. The molecule has 1 fully saturated rings. The first-order valence-corrected chi connectivity index (χ1v) is 13.0. The number of carbonyl (C=O) groups is 1. The minimum atomic E-state index is -3.89. The average molecular weight is 470 g/mol. The first-order valence-electron chi connectivity index (χ1n) is 11.5. The Morgan fingerprint density at radius 1 is 1.06 bits per heavy atom. The van der Waals surface area contributed by atoms with Gasteiger partial charge in [0.2, 0.25) is 5.91 Å². The van der Waals surface area contributed by atoms with E-state index in [1.54, 1.807) is 49.6 Å². The van der Waals surface area contributed by atoms with Crippen molar-refractivity contribution < 1.29 is 17.9 Å². The number of sulfonamides is 1. The van der Waals surface area contributed by atoms with Crippen molar-refractivity contribution in [3.63, 3.8) is 0 Å². The number of hydrogen-bond acceptors (Lipinski definition) is 5. The molecule has 0 aromatic heterocycles. The number of carbonyl (C=O) groups excluding carboxylic acids is 1. The molecule has 4 rings (SSSR count). The third-order valence-corrected chi connectivity index (χ3v) is 7.54. The topological polar surface area (TPSA) is 87.7 Å². The van der Waals surface area contributed by atoms with Gasteiger partial charge in [0.25, 0.3) is 10.0 Å². The van der Waals surface area contributed by atoms with Gasteiger partial charge in [0, 0.05) is 30.9 Å². The quantitative estimate of drug-likeness (QED) is 0.543. The summed E-state index contributed by atoms with van der Waals surface area (Å²) in [6.07, 6.45) is 9.75. The molecule has 2 aromatic rings. The molecule has 2 N–H and O–H groups in total. The predicted molar refractivity (Wildman–Crippen MR) is 131 cm³/mol. The van der Waals surface area contributed by atoms with Crippen molar-refractivity contribution in [2.45, 2.75) is 43.4 Å². The molecular weight excluding hydrogens is 438 g/mol. The molecular formula is C25H31N3O4S. The summed E-state index contributed by atoms with van der Waals surface area (Å²) in [7, 11) is -2.33. The van der Waals surface area contributed by atoms with Crippen LogP contribution in [-0.4, -0.2) is 34.5 Å². The van der Waals surface area contributed by atoms with Gasteiger partial charge in [-0.2, -0.15) is 0 Å². The van der Waals surface area contributed by atoms with Gasteiger partial charge in [-0.25, -0.2) is 8.42 Å². The number of nitrogens with zero attached hydrogens (tertiary/aromatic N) is 1. The fourth-order valence-electron chi connectivity index (χ4n) is 4.39. The summed E-state index contributed by atoms with van der Waals surface area (Å²) in [4.78, 5) is 14.8. The molecule has 176 valence electrons. The summed E-state index contributed by atoms with van der Waals surface area (Å²) in [5.41, 5.74) is 1.59. The zero-order valence-corrected chi connectivity index (χ0v) is 19.7. The van der Waals surface area contributed by atoms with Crippen molar-refractivity contribution >= 4 is 33.0 Å². The Hall–Kier alpha value is -3.00. The van der Waals surface area contributed by atoms with E-state index >= 15 is 0 Å². The molecule has 1 saturated heterocycles. The third kappa shape index (κ3) is 5.87. The number of allylic oxidation sites excluding steroid dienone is 2. The molecule has 0 saturated carbocycles. The summed E-state index contributed by atoms with van der Waals surface area (Å²) in [5, 5.41) is 2.89. The third-order valence-electron chi connectivity index (χ3n) is 6.13. The molecule has 1 heterocycles. The SMILES string of the molecule is COc1ccc(NS(=O)(=O)c2cc(NC(=O)CC3C=CCC3)ccc2N2CCCCC2)cc1. The maximum absolute atomic E-state index is 13.4. The number of anilines is 3. The lowest BCUT2D eigenvalue weighted by atomic mass is 10.0. The molecule has 1 unspecified atom stereocenters. The summed E-state index contributed by atoms with van der Waals surface area (Å²) < 4.78 is 34.7. The van der Waals surface area contributed by atoms with Crippen LogP contribution in [0.15, 0.2) is 59.5 Å². The summed E-state index contributed by atoms with van der Waals surface area (Å²) in [6, 6.07) is 11.9. The molecule has 1 amide bonds. The summed E-state index contributed by atoms with van der Waals surface area (Å²) in [6.45, 7) is 1.62. The number of rotatable bonds is 8. The lowest BCUT2D eigenvalue weighted by Gasteiger charge is -2.30. The van der Waals surface area contributed by atoms with Crippen LogP contribution < -0.4 is 19.7 Å². The monoisotopic (exact) mass is 469 g/mol. The highest BCUT2D eigenvalue weighted by atomic mass is 32.2. The Morgan fingerprint density at radius 2 is 1.79 bits per heavy atom. The van der Waals surface area contributed by atoms with Crippen molar-refractivity contribution in [1.82, 2.24) is 0 Å². The Labute approximate surface area is 195 Å². The van der Waals surface area contributed by atoms with Gasteiger partial charge in [-0.15, -0.1) is 0 Å². The zero-order valence-electron chi connectivity index (χ0n) is 18.9. The van der Waals surface area contributed by atoms with Crippen molar-refractivity contribution in [2.24, 2.45) is 5.92 Å². The standard InChI is InChI=1S/C25H31N3O4S/c1-32-22-12-9-20(10-13-22)27-33(30,31)24-18-21(26-25(29)17-19-7-3-4-8-19)11-14-23(24)28-15-5-2-6-16-28/h3,7,9-14,18-19,27H,2,4-6,8,15-17H2,1H3,(H,26,29). The van der Waals surface area contributed by atoms with Crippen molar-refractivity contribution in [3.05, 3.63) is 54.6 Å². The van der Waals surface area contributed by atoms with Gasteiger partial charge < -0.3 is 15.0 Å². The van der Waals surface area contributed by atoms with Gasteiger partial charge in [0.05, 0.1) is 12.8 Å². The molecule has 0 spiro atoms. The molecule has 8 heteroatoms. The van der Waals surface area contributed by atoms with Crippen LogP contribution in [0.25, 0.3) is 0 Å². The van der Waals surface area contributed by atoms with Crippen LogP contribution in [-0.2, 0) is 14.8 Å². The number of piperidine rings is 1. The predicted octanol–water partition coefficient (Wildman–Crippen LogP) is 4.78. The average Bonchev–Trinajstić information content (AvgIpc) is 3.33. The van der Waals surface area contributed by atoms with Crippen LogP contribution in [0.4, 0.5) is 17.1 Å². The number of methoxy groups -OCH3 is 1. The second-order valence-corrected chi connectivity index (χ2v) is 10.2. The van der Waals surface area contributed by atoms with Crippen LogP contribution in [0.2, 0.25) is 0 Å². The van der Waals surface area contributed by atoms with Crippen LogP contribution in [0.1, 0.15) is 38.5 Å². The fourth-order valence-corrected chi connectivity index (χ4v) is 5.70. The van der Waals surface area contributed by atoms with E-state index < -0.39 is 10.0 Å². The van der Waals surface area contributed by atoms with E-state index in [2.05, 4.69) is 27.1 Å². The number of hydrogen-bond donors (Lipinski definition) is 2. The first kappa shape index (κ1) is 23.2. The fraction of sp³-hybridized carbons (Fsp3) is 0.400. The maximum Gasteiger partial charge on any atom is 0.264 e. The normalized spacial score (nSPS) is 18.2. The Balaban J connectivity index is 1.60. The van der Waals surface area contributed by atoms with Crippen molar-refractivity contribution in [3.8, 4) is 5.75 Å². The molecule has 33 heavy (non-hydrogen) atoms. The Kier molecular flexibility index (Phi) is 7.23. The van der Waals surface area contributed by atoms with Gasteiger partial charge >= 0.3 is 0 Å². The first-order chi connectivity index (χ1) is 15.9. The van der Waals surface area contributed by atoms with E-state index in [-0.39, 0.29) is 16.7 Å².